The van der Waals surface area contributed by atoms with Crippen molar-refractivity contribution in [3.05, 3.63) is 0 Å². The number of ether oxygens (including phenoxy) is 1. The van der Waals surface area contributed by atoms with Crippen LogP contribution < -0.4 is 4.72 Å². The fourth-order valence-corrected chi connectivity index (χ4v) is 2.51. The lowest BCUT2D eigenvalue weighted by Crippen LogP contribution is -2.35. The summed E-state index contributed by atoms with van der Waals surface area (Å²) in [5.41, 5.74) is 0. The van der Waals surface area contributed by atoms with Crippen LogP contribution in [0.15, 0.2) is 0 Å². The molecule has 1 unspecified atom stereocenters. The van der Waals surface area contributed by atoms with Crippen molar-refractivity contribution in [1.29, 1.82) is 0 Å². The van der Waals surface area contributed by atoms with Gasteiger partial charge in [-0.05, 0) is 39.3 Å². The van der Waals surface area contributed by atoms with Crippen LogP contribution in [0.3, 0.4) is 0 Å². The summed E-state index contributed by atoms with van der Waals surface area (Å²) in [6, 6.07) is 0. The number of rotatable bonds is 7. The Labute approximate surface area is 105 Å². The predicted molar refractivity (Wildman–Crippen MR) is 68.6 cm³/mol. The Morgan fingerprint density at radius 1 is 1.41 bits per heavy atom. The fourth-order valence-electron chi connectivity index (χ4n) is 2.00. The van der Waals surface area contributed by atoms with Gasteiger partial charge >= 0.3 is 0 Å². The second-order valence-corrected chi connectivity index (χ2v) is 6.60. The van der Waals surface area contributed by atoms with E-state index in [2.05, 4.69) is 16.7 Å². The Balaban J connectivity index is 2.06. The van der Waals surface area contributed by atoms with Crippen molar-refractivity contribution in [2.75, 3.05) is 39.5 Å². The monoisotopic (exact) mass is 264 g/mol. The van der Waals surface area contributed by atoms with Gasteiger partial charge in [0.2, 0.25) is 10.0 Å². The van der Waals surface area contributed by atoms with Crippen molar-refractivity contribution >= 4 is 10.0 Å². The quantitative estimate of drug-likeness (QED) is 0.677. The molecule has 0 bridgehead atoms. The molecule has 1 N–H and O–H groups in total. The molecule has 102 valence electrons. The molecule has 0 amide bonds. The van der Waals surface area contributed by atoms with Gasteiger partial charge in [0.05, 0.1) is 12.4 Å². The minimum atomic E-state index is -3.04. The number of likely N-dealkylation sites (N-methyl/N-ethyl adjacent to an activating group) is 1. The molecule has 0 aliphatic carbocycles. The molecule has 0 spiro atoms. The topological polar surface area (TPSA) is 58.6 Å². The van der Waals surface area contributed by atoms with Gasteiger partial charge in [-0.15, -0.1) is 0 Å². The molecular formula is C11H24N2O3S. The van der Waals surface area contributed by atoms with Crippen LogP contribution >= 0.6 is 0 Å². The number of nitrogens with zero attached hydrogens (tertiary/aromatic N) is 1. The standard InChI is InChI=1S/C11H24N2O3S/c1-13(8-5-7-12-17(2,14)15)10-11-6-3-4-9-16-11/h11-12H,3-10H2,1-2H3. The van der Waals surface area contributed by atoms with Crippen molar-refractivity contribution in [2.24, 2.45) is 0 Å². The van der Waals surface area contributed by atoms with Gasteiger partial charge < -0.3 is 9.64 Å². The second-order valence-electron chi connectivity index (χ2n) is 4.77. The third-order valence-electron chi connectivity index (χ3n) is 2.87. The Hall–Kier alpha value is -0.170. The van der Waals surface area contributed by atoms with Crippen molar-refractivity contribution in [1.82, 2.24) is 9.62 Å². The van der Waals surface area contributed by atoms with Crippen LogP contribution in [-0.2, 0) is 14.8 Å². The molecule has 1 heterocycles. The summed E-state index contributed by atoms with van der Waals surface area (Å²) in [5, 5.41) is 0. The lowest BCUT2D eigenvalue weighted by molar-refractivity contribution is -0.00148. The maximum atomic E-state index is 10.8. The van der Waals surface area contributed by atoms with Gasteiger partial charge in [0.15, 0.2) is 0 Å². The molecule has 0 radical (unpaired) electrons. The summed E-state index contributed by atoms with van der Waals surface area (Å²) in [5.74, 6) is 0. The van der Waals surface area contributed by atoms with Gasteiger partial charge in [-0.25, -0.2) is 13.1 Å². The third kappa shape index (κ3) is 7.70. The molecule has 0 aromatic carbocycles. The van der Waals surface area contributed by atoms with E-state index in [1.807, 2.05) is 0 Å². The maximum Gasteiger partial charge on any atom is 0.208 e. The van der Waals surface area contributed by atoms with Crippen molar-refractivity contribution < 1.29 is 13.2 Å². The smallest absolute Gasteiger partial charge is 0.208 e. The SMILES string of the molecule is CN(CCCNS(C)(=O)=O)CC1CCCCO1. The first-order valence-electron chi connectivity index (χ1n) is 6.22. The number of nitrogens with one attached hydrogen (secondary N) is 1. The van der Waals surface area contributed by atoms with Gasteiger partial charge in [0.1, 0.15) is 0 Å². The van der Waals surface area contributed by atoms with Crippen LogP contribution in [0.5, 0.6) is 0 Å². The van der Waals surface area contributed by atoms with Crippen LogP contribution in [0.4, 0.5) is 0 Å². The summed E-state index contributed by atoms with van der Waals surface area (Å²) < 4.78 is 29.8. The zero-order chi connectivity index (χ0) is 12.7. The first-order valence-corrected chi connectivity index (χ1v) is 8.11. The van der Waals surface area contributed by atoms with Crippen LogP contribution in [0, 0.1) is 0 Å². The Bertz CT molecular complexity index is 300. The molecule has 0 aromatic heterocycles. The van der Waals surface area contributed by atoms with Gasteiger partial charge in [0, 0.05) is 19.7 Å². The normalized spacial score (nSPS) is 21.9. The van der Waals surface area contributed by atoms with Gasteiger partial charge in [-0.3, -0.25) is 0 Å². The summed E-state index contributed by atoms with van der Waals surface area (Å²) in [6.07, 6.45) is 5.96. The predicted octanol–water partition coefficient (Wildman–Crippen LogP) is 0.427. The van der Waals surface area contributed by atoms with Gasteiger partial charge in [-0.2, -0.15) is 0 Å². The fraction of sp³-hybridized carbons (Fsp3) is 1.00. The average molecular weight is 264 g/mol. The maximum absolute atomic E-state index is 10.8. The highest BCUT2D eigenvalue weighted by atomic mass is 32.2. The summed E-state index contributed by atoms with van der Waals surface area (Å²) in [7, 11) is -0.988. The van der Waals surface area contributed by atoms with E-state index in [0.29, 0.717) is 12.6 Å². The van der Waals surface area contributed by atoms with E-state index < -0.39 is 10.0 Å². The zero-order valence-electron chi connectivity index (χ0n) is 10.8. The molecule has 1 saturated heterocycles. The highest BCUT2D eigenvalue weighted by molar-refractivity contribution is 7.88. The van der Waals surface area contributed by atoms with E-state index in [1.54, 1.807) is 0 Å². The minimum Gasteiger partial charge on any atom is -0.377 e. The van der Waals surface area contributed by atoms with Crippen molar-refractivity contribution in [2.45, 2.75) is 31.8 Å². The largest absolute Gasteiger partial charge is 0.377 e. The molecule has 1 atom stereocenters. The van der Waals surface area contributed by atoms with E-state index in [-0.39, 0.29) is 0 Å². The number of hydrogen-bond donors (Lipinski definition) is 1. The highest BCUT2D eigenvalue weighted by Gasteiger charge is 2.15. The van der Waals surface area contributed by atoms with Crippen LogP contribution in [0.25, 0.3) is 0 Å². The highest BCUT2D eigenvalue weighted by Crippen LogP contribution is 2.13. The molecule has 1 fully saturated rings. The second kappa shape index (κ2) is 7.31. The van der Waals surface area contributed by atoms with Gasteiger partial charge in [0.25, 0.3) is 0 Å². The average Bonchev–Trinajstić information content (AvgIpc) is 2.25. The first-order chi connectivity index (χ1) is 7.97. The van der Waals surface area contributed by atoms with Crippen LogP contribution in [0.2, 0.25) is 0 Å². The Morgan fingerprint density at radius 3 is 2.76 bits per heavy atom. The van der Waals surface area contributed by atoms with Crippen LogP contribution in [-0.4, -0.2) is 59.0 Å². The molecule has 5 nitrogen and oxygen atoms in total. The third-order valence-corrected chi connectivity index (χ3v) is 3.60. The van der Waals surface area contributed by atoms with Crippen molar-refractivity contribution in [3.8, 4) is 0 Å². The van der Waals surface area contributed by atoms with E-state index in [9.17, 15) is 8.42 Å². The Morgan fingerprint density at radius 2 is 2.18 bits per heavy atom. The van der Waals surface area contributed by atoms with E-state index >= 15 is 0 Å². The lowest BCUT2D eigenvalue weighted by Gasteiger charge is -2.27. The number of sulfonamides is 1. The molecule has 17 heavy (non-hydrogen) atoms. The van der Waals surface area contributed by atoms with Crippen molar-refractivity contribution in [3.63, 3.8) is 0 Å². The van der Waals surface area contributed by atoms with E-state index in [1.165, 1.54) is 19.1 Å². The van der Waals surface area contributed by atoms with E-state index in [0.717, 1.165) is 32.5 Å². The molecule has 0 saturated carbocycles. The van der Waals surface area contributed by atoms with Crippen LogP contribution in [0.1, 0.15) is 25.7 Å². The number of hydrogen-bond acceptors (Lipinski definition) is 4. The zero-order valence-corrected chi connectivity index (χ0v) is 11.6. The molecule has 1 rings (SSSR count). The lowest BCUT2D eigenvalue weighted by atomic mass is 10.1. The molecule has 1 aliphatic rings. The molecule has 0 aromatic rings. The van der Waals surface area contributed by atoms with Gasteiger partial charge in [-0.1, -0.05) is 0 Å². The Kier molecular flexibility index (Phi) is 6.40. The summed E-state index contributed by atoms with van der Waals surface area (Å²) in [4.78, 5) is 2.21. The molecule has 6 heteroatoms. The summed E-state index contributed by atoms with van der Waals surface area (Å²) >= 11 is 0. The minimum absolute atomic E-state index is 0.358. The first kappa shape index (κ1) is 14.9. The molecular weight excluding hydrogens is 240 g/mol. The van der Waals surface area contributed by atoms with E-state index in [4.69, 9.17) is 4.74 Å². The summed E-state index contributed by atoms with van der Waals surface area (Å²) in [6.45, 7) is 3.23. The molecule has 1 aliphatic heterocycles.